The number of esters is 3. The highest BCUT2D eigenvalue weighted by Gasteiger charge is 2.27. The van der Waals surface area contributed by atoms with Gasteiger partial charge in [0.15, 0.2) is 6.79 Å². The van der Waals surface area contributed by atoms with E-state index >= 15 is 0 Å². The molecule has 0 rings (SSSR count). The molecule has 8 nitrogen and oxygen atoms in total. The van der Waals surface area contributed by atoms with Gasteiger partial charge in [-0.3, -0.25) is 4.79 Å². The first-order valence-electron chi connectivity index (χ1n) is 9.92. The molecule has 0 N–H and O–H groups in total. The van der Waals surface area contributed by atoms with Crippen LogP contribution < -0.4 is 0 Å². The SMILES string of the molecule is C=CC(=O)OCC(C)(C)COCOC(CCC)OC(=O)CC(C)(C)COC(=O)C=C. The summed E-state index contributed by atoms with van der Waals surface area (Å²) in [7, 11) is 0. The first-order chi connectivity index (χ1) is 13.9. The van der Waals surface area contributed by atoms with E-state index < -0.39 is 35.0 Å². The van der Waals surface area contributed by atoms with E-state index in [4.69, 9.17) is 23.7 Å². The summed E-state index contributed by atoms with van der Waals surface area (Å²) in [5.74, 6) is -1.48. The monoisotopic (exact) mass is 428 g/mol. The van der Waals surface area contributed by atoms with Gasteiger partial charge in [-0.2, -0.15) is 0 Å². The van der Waals surface area contributed by atoms with Gasteiger partial charge in [0.2, 0.25) is 6.29 Å². The molecule has 30 heavy (non-hydrogen) atoms. The van der Waals surface area contributed by atoms with E-state index in [-0.39, 0.29) is 33.0 Å². The lowest BCUT2D eigenvalue weighted by molar-refractivity contribution is -0.210. The molecule has 0 aliphatic heterocycles. The van der Waals surface area contributed by atoms with Crippen LogP contribution in [0.1, 0.15) is 53.9 Å². The molecule has 0 spiro atoms. The third kappa shape index (κ3) is 13.9. The zero-order valence-corrected chi connectivity index (χ0v) is 18.9. The number of carbonyl (C=O) groups is 3. The third-order valence-corrected chi connectivity index (χ3v) is 3.78. The zero-order valence-electron chi connectivity index (χ0n) is 18.9. The fraction of sp³-hybridized carbons (Fsp3) is 0.682. The Bertz CT molecular complexity index is 580. The fourth-order valence-electron chi connectivity index (χ4n) is 2.18. The summed E-state index contributed by atoms with van der Waals surface area (Å²) >= 11 is 0. The van der Waals surface area contributed by atoms with Gasteiger partial charge in [-0.15, -0.1) is 0 Å². The maximum Gasteiger partial charge on any atom is 0.330 e. The second-order valence-electron chi connectivity index (χ2n) is 8.47. The molecule has 0 radical (unpaired) electrons. The highest BCUT2D eigenvalue weighted by atomic mass is 16.8. The van der Waals surface area contributed by atoms with Gasteiger partial charge >= 0.3 is 17.9 Å². The van der Waals surface area contributed by atoms with Gasteiger partial charge in [0.05, 0.1) is 26.2 Å². The Balaban J connectivity index is 4.40. The number of ether oxygens (including phenoxy) is 5. The standard InChI is InChI=1S/C22H36O8/c1-8-11-20(29-16-26-13-22(6,7)15-28-18(24)10-3)30-19(25)12-21(4,5)14-27-17(23)9-2/h9-10,20H,2-3,8,11-16H2,1,4-7H3. The average Bonchev–Trinajstić information content (AvgIpc) is 2.67. The second kappa shape index (κ2) is 13.9. The largest absolute Gasteiger partial charge is 0.462 e. The molecular weight excluding hydrogens is 392 g/mol. The van der Waals surface area contributed by atoms with Crippen molar-refractivity contribution < 1.29 is 38.1 Å². The third-order valence-electron chi connectivity index (χ3n) is 3.78. The first-order valence-corrected chi connectivity index (χ1v) is 9.92. The van der Waals surface area contributed by atoms with Crippen molar-refractivity contribution in [2.24, 2.45) is 10.8 Å². The molecule has 0 saturated heterocycles. The van der Waals surface area contributed by atoms with Crippen LogP contribution in [0.3, 0.4) is 0 Å². The molecule has 0 aromatic heterocycles. The summed E-state index contributed by atoms with van der Waals surface area (Å²) in [5.41, 5.74) is -0.998. The van der Waals surface area contributed by atoms with Crippen LogP contribution in [0, 0.1) is 10.8 Å². The van der Waals surface area contributed by atoms with E-state index in [1.807, 2.05) is 20.8 Å². The van der Waals surface area contributed by atoms with Crippen LogP contribution >= 0.6 is 0 Å². The van der Waals surface area contributed by atoms with Gasteiger partial charge in [0.25, 0.3) is 0 Å². The molecule has 0 heterocycles. The molecule has 0 bridgehead atoms. The van der Waals surface area contributed by atoms with Crippen LogP contribution in [0.2, 0.25) is 0 Å². The summed E-state index contributed by atoms with van der Waals surface area (Å²) in [6, 6.07) is 0. The fourth-order valence-corrected chi connectivity index (χ4v) is 2.18. The number of hydrogen-bond acceptors (Lipinski definition) is 8. The Hall–Kier alpha value is -2.19. The Morgan fingerprint density at radius 3 is 1.93 bits per heavy atom. The lowest BCUT2D eigenvalue weighted by Crippen LogP contribution is -2.30. The summed E-state index contributed by atoms with van der Waals surface area (Å²) in [6.07, 6.45) is 2.76. The quantitative estimate of drug-likeness (QED) is 0.121. The van der Waals surface area contributed by atoms with E-state index in [1.165, 1.54) is 0 Å². The van der Waals surface area contributed by atoms with Gasteiger partial charge < -0.3 is 23.7 Å². The predicted octanol–water partition coefficient (Wildman–Crippen LogP) is 3.55. The minimum Gasteiger partial charge on any atom is -0.462 e. The van der Waals surface area contributed by atoms with Crippen molar-refractivity contribution in [3.63, 3.8) is 0 Å². The molecule has 0 aromatic carbocycles. The number of rotatable bonds is 16. The maximum atomic E-state index is 12.3. The first kappa shape index (κ1) is 27.8. The number of hydrogen-bond donors (Lipinski definition) is 0. The van der Waals surface area contributed by atoms with Crippen LogP contribution in [-0.2, 0) is 38.1 Å². The Labute approximate surface area is 179 Å². The highest BCUT2D eigenvalue weighted by Crippen LogP contribution is 2.23. The van der Waals surface area contributed by atoms with Crippen molar-refractivity contribution in [1.82, 2.24) is 0 Å². The molecule has 0 fully saturated rings. The molecule has 1 unspecified atom stereocenters. The van der Waals surface area contributed by atoms with E-state index in [1.54, 1.807) is 13.8 Å². The van der Waals surface area contributed by atoms with Crippen LogP contribution in [0.4, 0.5) is 0 Å². The predicted molar refractivity (Wildman–Crippen MR) is 111 cm³/mol. The van der Waals surface area contributed by atoms with Crippen LogP contribution in [0.25, 0.3) is 0 Å². The molecule has 8 heteroatoms. The van der Waals surface area contributed by atoms with Crippen LogP contribution in [0.5, 0.6) is 0 Å². The molecule has 0 aliphatic carbocycles. The van der Waals surface area contributed by atoms with E-state index in [2.05, 4.69) is 13.2 Å². The lowest BCUT2D eigenvalue weighted by atomic mass is 9.90. The van der Waals surface area contributed by atoms with E-state index in [9.17, 15) is 14.4 Å². The second-order valence-corrected chi connectivity index (χ2v) is 8.47. The van der Waals surface area contributed by atoms with Crippen LogP contribution in [-0.4, -0.2) is 50.8 Å². The average molecular weight is 429 g/mol. The van der Waals surface area contributed by atoms with Crippen molar-refractivity contribution >= 4 is 17.9 Å². The molecule has 0 aromatic rings. The van der Waals surface area contributed by atoms with Crippen LogP contribution in [0.15, 0.2) is 25.3 Å². The molecule has 0 amide bonds. The molecule has 172 valence electrons. The van der Waals surface area contributed by atoms with Crippen molar-refractivity contribution in [1.29, 1.82) is 0 Å². The summed E-state index contributed by atoms with van der Waals surface area (Å²) in [4.78, 5) is 34.6. The van der Waals surface area contributed by atoms with E-state index in [0.29, 0.717) is 6.42 Å². The minimum atomic E-state index is -0.740. The van der Waals surface area contributed by atoms with Gasteiger partial charge in [0, 0.05) is 29.4 Å². The molecule has 1 atom stereocenters. The Morgan fingerprint density at radius 1 is 0.900 bits per heavy atom. The normalized spacial score (nSPS) is 12.6. The maximum absolute atomic E-state index is 12.3. The van der Waals surface area contributed by atoms with Crippen molar-refractivity contribution in [2.45, 2.75) is 60.2 Å². The smallest absolute Gasteiger partial charge is 0.330 e. The zero-order chi connectivity index (χ0) is 23.2. The summed E-state index contributed by atoms with van der Waals surface area (Å²) in [5, 5.41) is 0. The Morgan fingerprint density at radius 2 is 1.43 bits per heavy atom. The topological polar surface area (TPSA) is 97.4 Å². The summed E-state index contributed by atoms with van der Waals surface area (Å²) in [6.45, 7) is 16.4. The number of carbonyl (C=O) groups excluding carboxylic acids is 3. The van der Waals surface area contributed by atoms with Crippen molar-refractivity contribution in [2.75, 3.05) is 26.6 Å². The lowest BCUT2D eigenvalue weighted by Gasteiger charge is -2.26. The van der Waals surface area contributed by atoms with Gasteiger partial charge in [-0.25, -0.2) is 9.59 Å². The summed E-state index contributed by atoms with van der Waals surface area (Å²) < 4.78 is 26.5. The van der Waals surface area contributed by atoms with Gasteiger partial charge in [0.1, 0.15) is 0 Å². The molecule has 0 aliphatic rings. The van der Waals surface area contributed by atoms with Gasteiger partial charge in [-0.1, -0.05) is 54.2 Å². The molecular formula is C22H36O8. The minimum absolute atomic E-state index is 0.0591. The Kier molecular flexibility index (Phi) is 12.9. The highest BCUT2D eigenvalue weighted by molar-refractivity contribution is 5.81. The van der Waals surface area contributed by atoms with Crippen molar-refractivity contribution in [3.8, 4) is 0 Å². The van der Waals surface area contributed by atoms with Gasteiger partial charge in [-0.05, 0) is 0 Å². The molecule has 0 saturated carbocycles. The van der Waals surface area contributed by atoms with E-state index in [0.717, 1.165) is 18.6 Å². The van der Waals surface area contributed by atoms with Crippen molar-refractivity contribution in [3.05, 3.63) is 25.3 Å².